The highest BCUT2D eigenvalue weighted by molar-refractivity contribution is 5.96. The van der Waals surface area contributed by atoms with Crippen molar-refractivity contribution in [2.45, 2.75) is 26.3 Å². The number of carbonyl (C=O) groups is 2. The summed E-state index contributed by atoms with van der Waals surface area (Å²) in [5.74, 6) is -0.389. The third-order valence-corrected chi connectivity index (χ3v) is 3.19. The van der Waals surface area contributed by atoms with Gasteiger partial charge in [-0.3, -0.25) is 10.1 Å². The molecule has 0 saturated heterocycles. The molecule has 0 heterocycles. The lowest BCUT2D eigenvalue weighted by molar-refractivity contribution is -0.118. The molecule has 2 aromatic rings. The Hall–Kier alpha value is -2.82. The van der Waals surface area contributed by atoms with Gasteiger partial charge in [0.05, 0.1) is 6.54 Å². The number of anilines is 1. The summed E-state index contributed by atoms with van der Waals surface area (Å²) >= 11 is 0. The van der Waals surface area contributed by atoms with E-state index in [2.05, 4.69) is 16.0 Å². The maximum atomic E-state index is 11.9. The number of rotatable bonds is 4. The van der Waals surface area contributed by atoms with Crippen LogP contribution in [0.4, 0.5) is 10.5 Å². The number of imide groups is 1. The molecule has 3 amide bonds. The Balaban J connectivity index is 1.98. The molecule has 0 saturated carbocycles. The van der Waals surface area contributed by atoms with Gasteiger partial charge in [-0.25, -0.2) is 4.79 Å². The minimum absolute atomic E-state index is 0.0153. The second kappa shape index (κ2) is 7.64. The molecule has 3 N–H and O–H groups in total. The normalized spacial score (nSPS) is 10.8. The van der Waals surface area contributed by atoms with Crippen LogP contribution in [0.25, 0.3) is 11.1 Å². The number of hydrogen-bond donors (Lipinski definition) is 3. The SMILES string of the molecule is CC(C)(C)NC(=O)NC(=O)CNc1ccccc1-c1ccccc1. The first kappa shape index (κ1) is 17.5. The molecular formula is C19H23N3O2. The summed E-state index contributed by atoms with van der Waals surface area (Å²) in [4.78, 5) is 23.6. The molecule has 126 valence electrons. The van der Waals surface area contributed by atoms with E-state index < -0.39 is 11.6 Å². The van der Waals surface area contributed by atoms with Crippen molar-refractivity contribution < 1.29 is 9.59 Å². The maximum absolute atomic E-state index is 11.9. The molecule has 0 bridgehead atoms. The fraction of sp³-hybridized carbons (Fsp3) is 0.263. The molecular weight excluding hydrogens is 302 g/mol. The molecule has 2 rings (SSSR count). The number of nitrogens with one attached hydrogen (secondary N) is 3. The van der Waals surface area contributed by atoms with E-state index in [1.165, 1.54) is 0 Å². The molecule has 0 atom stereocenters. The number of benzene rings is 2. The molecule has 2 aromatic carbocycles. The molecule has 0 fully saturated rings. The van der Waals surface area contributed by atoms with Crippen molar-refractivity contribution in [2.24, 2.45) is 0 Å². The molecule has 0 aliphatic heterocycles. The van der Waals surface area contributed by atoms with Crippen molar-refractivity contribution in [3.05, 3.63) is 54.6 Å². The quantitative estimate of drug-likeness (QED) is 0.807. The fourth-order valence-corrected chi connectivity index (χ4v) is 2.22. The Kier molecular flexibility index (Phi) is 5.58. The van der Waals surface area contributed by atoms with Crippen molar-refractivity contribution in [3.8, 4) is 11.1 Å². The molecule has 0 unspecified atom stereocenters. The highest BCUT2D eigenvalue weighted by Crippen LogP contribution is 2.27. The Morgan fingerprint density at radius 1 is 0.917 bits per heavy atom. The van der Waals surface area contributed by atoms with E-state index in [9.17, 15) is 9.59 Å². The van der Waals surface area contributed by atoms with Crippen molar-refractivity contribution in [3.63, 3.8) is 0 Å². The van der Waals surface area contributed by atoms with Crippen LogP contribution in [0.3, 0.4) is 0 Å². The molecule has 0 radical (unpaired) electrons. The van der Waals surface area contributed by atoms with Crippen LogP contribution in [0, 0.1) is 0 Å². The van der Waals surface area contributed by atoms with Crippen LogP contribution in [-0.4, -0.2) is 24.0 Å². The summed E-state index contributed by atoms with van der Waals surface area (Å²) in [6.45, 7) is 5.57. The van der Waals surface area contributed by atoms with Gasteiger partial charge in [0.2, 0.25) is 5.91 Å². The van der Waals surface area contributed by atoms with E-state index >= 15 is 0 Å². The molecule has 24 heavy (non-hydrogen) atoms. The highest BCUT2D eigenvalue weighted by Gasteiger charge is 2.15. The second-order valence-corrected chi connectivity index (χ2v) is 6.52. The van der Waals surface area contributed by atoms with E-state index in [4.69, 9.17) is 0 Å². The van der Waals surface area contributed by atoms with Gasteiger partial charge in [0.1, 0.15) is 0 Å². The van der Waals surface area contributed by atoms with Crippen LogP contribution in [0.1, 0.15) is 20.8 Å². The van der Waals surface area contributed by atoms with Crippen LogP contribution < -0.4 is 16.0 Å². The molecule has 0 aliphatic carbocycles. The Morgan fingerprint density at radius 2 is 1.54 bits per heavy atom. The average molecular weight is 325 g/mol. The van der Waals surface area contributed by atoms with E-state index in [1.54, 1.807) is 0 Å². The van der Waals surface area contributed by atoms with Gasteiger partial charge in [-0.05, 0) is 32.4 Å². The first-order valence-electron chi connectivity index (χ1n) is 7.85. The first-order chi connectivity index (χ1) is 11.3. The van der Waals surface area contributed by atoms with Crippen molar-refractivity contribution in [1.82, 2.24) is 10.6 Å². The highest BCUT2D eigenvalue weighted by atomic mass is 16.2. The van der Waals surface area contributed by atoms with E-state index in [-0.39, 0.29) is 12.5 Å². The van der Waals surface area contributed by atoms with Crippen LogP contribution in [-0.2, 0) is 4.79 Å². The van der Waals surface area contributed by atoms with Crippen LogP contribution >= 0.6 is 0 Å². The summed E-state index contributed by atoms with van der Waals surface area (Å²) < 4.78 is 0. The maximum Gasteiger partial charge on any atom is 0.321 e. The number of hydrogen-bond acceptors (Lipinski definition) is 3. The predicted molar refractivity (Wildman–Crippen MR) is 96.8 cm³/mol. The van der Waals surface area contributed by atoms with E-state index in [0.29, 0.717) is 0 Å². The summed E-state index contributed by atoms with van der Waals surface area (Å²) in [7, 11) is 0. The number of amides is 3. The zero-order valence-electron chi connectivity index (χ0n) is 14.2. The number of urea groups is 1. The van der Waals surface area contributed by atoms with Crippen molar-refractivity contribution in [1.29, 1.82) is 0 Å². The minimum Gasteiger partial charge on any atom is -0.376 e. The third-order valence-electron chi connectivity index (χ3n) is 3.19. The van der Waals surface area contributed by atoms with Gasteiger partial charge in [0.25, 0.3) is 0 Å². The largest absolute Gasteiger partial charge is 0.376 e. The predicted octanol–water partition coefficient (Wildman–Crippen LogP) is 3.39. The zero-order valence-corrected chi connectivity index (χ0v) is 14.2. The fourth-order valence-electron chi connectivity index (χ4n) is 2.22. The van der Waals surface area contributed by atoms with Crippen molar-refractivity contribution >= 4 is 17.6 Å². The van der Waals surface area contributed by atoms with Gasteiger partial charge in [-0.15, -0.1) is 0 Å². The summed E-state index contributed by atoms with van der Waals surface area (Å²) in [5, 5.41) is 8.09. The average Bonchev–Trinajstić information content (AvgIpc) is 2.52. The van der Waals surface area contributed by atoms with Crippen LogP contribution in [0.5, 0.6) is 0 Å². The van der Waals surface area contributed by atoms with Gasteiger partial charge in [-0.2, -0.15) is 0 Å². The monoisotopic (exact) mass is 325 g/mol. The molecule has 0 aliphatic rings. The van der Waals surface area contributed by atoms with Gasteiger partial charge in [0, 0.05) is 16.8 Å². The standard InChI is InChI=1S/C19H23N3O2/c1-19(2,3)22-18(24)21-17(23)13-20-16-12-8-7-11-15(16)14-9-5-4-6-10-14/h4-12,20H,13H2,1-3H3,(H2,21,22,23,24). The van der Waals surface area contributed by atoms with Gasteiger partial charge < -0.3 is 10.6 Å². The lowest BCUT2D eigenvalue weighted by Gasteiger charge is -2.20. The smallest absolute Gasteiger partial charge is 0.321 e. The molecule has 5 nitrogen and oxygen atoms in total. The van der Waals surface area contributed by atoms with Gasteiger partial charge >= 0.3 is 6.03 Å². The van der Waals surface area contributed by atoms with E-state index in [0.717, 1.165) is 16.8 Å². The summed E-state index contributed by atoms with van der Waals surface area (Å²) in [6, 6.07) is 17.2. The molecule has 5 heteroatoms. The van der Waals surface area contributed by atoms with Crippen molar-refractivity contribution in [2.75, 3.05) is 11.9 Å². The zero-order chi connectivity index (χ0) is 17.6. The van der Waals surface area contributed by atoms with Crippen LogP contribution in [0.2, 0.25) is 0 Å². The third kappa shape index (κ3) is 5.43. The lowest BCUT2D eigenvalue weighted by Crippen LogP contribution is -2.49. The lowest BCUT2D eigenvalue weighted by atomic mass is 10.0. The van der Waals surface area contributed by atoms with E-state index in [1.807, 2.05) is 75.4 Å². The molecule has 0 spiro atoms. The minimum atomic E-state index is -0.495. The summed E-state index contributed by atoms with van der Waals surface area (Å²) in [5.41, 5.74) is 2.52. The number of para-hydroxylation sites is 1. The molecule has 0 aromatic heterocycles. The second-order valence-electron chi connectivity index (χ2n) is 6.52. The number of carbonyl (C=O) groups excluding carboxylic acids is 2. The Bertz CT molecular complexity index is 706. The first-order valence-corrected chi connectivity index (χ1v) is 7.85. The topological polar surface area (TPSA) is 70.2 Å². The van der Waals surface area contributed by atoms with Crippen LogP contribution in [0.15, 0.2) is 54.6 Å². The Labute approximate surface area is 142 Å². The van der Waals surface area contributed by atoms with Gasteiger partial charge in [-0.1, -0.05) is 48.5 Å². The van der Waals surface area contributed by atoms with Gasteiger partial charge in [0.15, 0.2) is 0 Å². The Morgan fingerprint density at radius 3 is 2.21 bits per heavy atom. The summed E-state index contributed by atoms with van der Waals surface area (Å²) in [6.07, 6.45) is 0.